The molecule has 4 aliphatic rings. The SMILES string of the molecule is CC(C)(C)O.Cc1c(CC(=O)O)c2n3c(Cl)c(nc3c1CN1N=CCN1)-c1cccc(c1)-c1cc(F)c(F)cc1OCCOCCOC1(C)CCN2CC1. The van der Waals surface area contributed by atoms with E-state index in [1.165, 1.54) is 0 Å². The smallest absolute Gasteiger partial charge is 0.307 e. The molecule has 8 rings (SSSR count). The predicted molar refractivity (Wildman–Crippen MR) is 203 cm³/mol. The van der Waals surface area contributed by atoms with Crippen molar-refractivity contribution in [3.05, 3.63) is 69.9 Å². The van der Waals surface area contributed by atoms with Crippen LogP contribution in [0.3, 0.4) is 0 Å². The number of aliphatic hydroxyl groups is 1. The van der Waals surface area contributed by atoms with Gasteiger partial charge in [0.15, 0.2) is 11.6 Å². The quantitative estimate of drug-likeness (QED) is 0.200. The molecule has 0 spiro atoms. The molecule has 4 aromatic rings. The highest BCUT2D eigenvalue weighted by Gasteiger charge is 2.35. The molecule has 0 unspecified atom stereocenters. The van der Waals surface area contributed by atoms with Crippen LogP contribution in [0.2, 0.25) is 5.15 Å². The third-order valence-electron chi connectivity index (χ3n) is 9.45. The van der Waals surface area contributed by atoms with Crippen molar-refractivity contribution in [3.63, 3.8) is 0 Å². The zero-order valence-corrected chi connectivity index (χ0v) is 32.0. The Bertz CT molecular complexity index is 2040. The molecule has 12 nitrogen and oxygen atoms in total. The van der Waals surface area contributed by atoms with Crippen LogP contribution in [-0.2, 0) is 27.2 Å². The summed E-state index contributed by atoms with van der Waals surface area (Å²) in [5, 5.41) is 25.0. The van der Waals surface area contributed by atoms with Gasteiger partial charge in [0.05, 0.1) is 50.5 Å². The van der Waals surface area contributed by atoms with Crippen molar-refractivity contribution in [2.75, 3.05) is 51.0 Å². The number of aromatic nitrogens is 2. The zero-order chi connectivity index (χ0) is 38.8. The van der Waals surface area contributed by atoms with E-state index >= 15 is 0 Å². The maximum absolute atomic E-state index is 14.6. The molecular weight excluding hydrogens is 722 g/mol. The van der Waals surface area contributed by atoms with Crippen LogP contribution in [-0.4, -0.2) is 94.2 Å². The summed E-state index contributed by atoms with van der Waals surface area (Å²) in [5.74, 6) is -2.15. The Labute approximate surface area is 318 Å². The molecule has 1 saturated heterocycles. The number of hydrogen-bond acceptors (Lipinski definition) is 10. The van der Waals surface area contributed by atoms with Crippen LogP contribution in [0.15, 0.2) is 41.5 Å². The number of hydrazine groups is 1. The van der Waals surface area contributed by atoms with Crippen molar-refractivity contribution in [2.45, 2.75) is 71.6 Å². The van der Waals surface area contributed by atoms with Gasteiger partial charge in [-0.3, -0.25) is 9.20 Å². The number of carboxylic acids is 1. The van der Waals surface area contributed by atoms with Crippen LogP contribution in [0.5, 0.6) is 5.75 Å². The second-order valence-electron chi connectivity index (χ2n) is 14.9. The molecule has 0 amide bonds. The third kappa shape index (κ3) is 8.95. The van der Waals surface area contributed by atoms with Gasteiger partial charge in [-0.1, -0.05) is 29.8 Å². The Morgan fingerprint density at radius 3 is 2.41 bits per heavy atom. The van der Waals surface area contributed by atoms with Crippen molar-refractivity contribution in [2.24, 2.45) is 5.10 Å². The number of hydrogen-bond donors (Lipinski definition) is 3. The number of imidazole rings is 1. The van der Waals surface area contributed by atoms with Gasteiger partial charge < -0.3 is 29.3 Å². The number of ether oxygens (including phenoxy) is 3. The number of rotatable bonds is 4. The van der Waals surface area contributed by atoms with E-state index < -0.39 is 28.8 Å². The summed E-state index contributed by atoms with van der Waals surface area (Å²) < 4.78 is 48.9. The van der Waals surface area contributed by atoms with Gasteiger partial charge in [-0.05, 0) is 70.7 Å². The first-order valence-corrected chi connectivity index (χ1v) is 18.4. The maximum Gasteiger partial charge on any atom is 0.307 e. The number of benzene rings is 2. The Morgan fingerprint density at radius 1 is 1.04 bits per heavy atom. The maximum atomic E-state index is 14.6. The standard InChI is InChI=1S/C35H37ClF2N6O5.C4H10O/c1-21-24(18-30(45)46)34-42-10-6-35(2,7-11-42)49-15-13-47-12-14-48-29-19-28(38)27(37)17-25(29)22-4-3-5-23(16-22)31-32(36)44(34)33(41-31)26(21)20-43-39-8-9-40-43;1-4(2,3)5/h3-5,8,16-17,19,40H,6-7,9-15,18,20H2,1-2H3,(H,45,46);5H,1-3H3. The second kappa shape index (κ2) is 16.2. The van der Waals surface area contributed by atoms with Gasteiger partial charge in [0.2, 0.25) is 0 Å². The van der Waals surface area contributed by atoms with Gasteiger partial charge >= 0.3 is 5.97 Å². The fraction of sp³-hybridized carbons (Fsp3) is 0.462. The van der Waals surface area contributed by atoms with E-state index in [0.717, 1.165) is 23.3 Å². The van der Waals surface area contributed by atoms with E-state index in [9.17, 15) is 18.7 Å². The minimum atomic E-state index is -1.02. The Balaban J connectivity index is 0.000000934. The zero-order valence-electron chi connectivity index (χ0n) is 31.2. The number of piperidine rings is 1. The minimum Gasteiger partial charge on any atom is -0.490 e. The number of halogens is 3. The van der Waals surface area contributed by atoms with E-state index in [1.807, 2.05) is 23.5 Å². The molecule has 3 N–H and O–H groups in total. The summed E-state index contributed by atoms with van der Waals surface area (Å²) in [6, 6.07) is 9.38. The van der Waals surface area contributed by atoms with E-state index in [4.69, 9.17) is 35.9 Å². The molecule has 0 atom stereocenters. The molecule has 15 heteroatoms. The molecule has 2 aromatic heterocycles. The number of nitrogens with one attached hydrogen (secondary N) is 1. The molecule has 6 heterocycles. The lowest BCUT2D eigenvalue weighted by Gasteiger charge is -2.41. The largest absolute Gasteiger partial charge is 0.490 e. The number of nitrogens with zero attached hydrogens (tertiary/aromatic N) is 5. The average Bonchev–Trinajstić information content (AvgIpc) is 3.75. The molecule has 6 bridgehead atoms. The van der Waals surface area contributed by atoms with Gasteiger partial charge in [-0.25, -0.2) is 24.3 Å². The molecule has 1 fully saturated rings. The molecule has 2 aromatic carbocycles. The molecular formula is C39H47ClF2N6O6. The van der Waals surface area contributed by atoms with Crippen molar-refractivity contribution in [3.8, 4) is 28.1 Å². The molecule has 290 valence electrons. The number of carboxylic acid groups (broad SMARTS) is 1. The lowest BCUT2D eigenvalue weighted by Crippen LogP contribution is -2.45. The van der Waals surface area contributed by atoms with Crippen LogP contribution >= 0.6 is 11.6 Å². The summed E-state index contributed by atoms with van der Waals surface area (Å²) in [4.78, 5) is 19.7. The van der Waals surface area contributed by atoms with Crippen molar-refractivity contribution in [1.29, 1.82) is 0 Å². The number of fused-ring (bicyclic) bond motifs is 8. The normalized spacial score (nSPS) is 17.3. The summed E-state index contributed by atoms with van der Waals surface area (Å²) >= 11 is 7.32. The average molecular weight is 769 g/mol. The molecule has 0 radical (unpaired) electrons. The topological polar surface area (TPSA) is 133 Å². The summed E-state index contributed by atoms with van der Waals surface area (Å²) in [7, 11) is 0. The lowest BCUT2D eigenvalue weighted by molar-refractivity contribution is -0.136. The second-order valence-corrected chi connectivity index (χ2v) is 15.2. The van der Waals surface area contributed by atoms with Crippen LogP contribution in [0, 0.1) is 18.6 Å². The number of hydrazone groups is 1. The van der Waals surface area contributed by atoms with Gasteiger partial charge in [0.25, 0.3) is 0 Å². The van der Waals surface area contributed by atoms with Gasteiger partial charge in [-0.15, -0.1) is 0 Å². The van der Waals surface area contributed by atoms with Crippen LogP contribution in [0.1, 0.15) is 57.2 Å². The van der Waals surface area contributed by atoms with E-state index in [0.29, 0.717) is 96.8 Å². The Kier molecular flexibility index (Phi) is 11.8. The van der Waals surface area contributed by atoms with Crippen molar-refractivity contribution in [1.82, 2.24) is 19.9 Å². The lowest BCUT2D eigenvalue weighted by atomic mass is 9.92. The number of aliphatic carboxylic acids is 1. The number of carbonyl (C=O) groups is 1. The molecule has 0 saturated carbocycles. The van der Waals surface area contributed by atoms with E-state index in [1.54, 1.807) is 44.2 Å². The van der Waals surface area contributed by atoms with E-state index in [2.05, 4.69) is 22.4 Å². The van der Waals surface area contributed by atoms with Gasteiger partial charge in [-0.2, -0.15) is 5.10 Å². The summed E-state index contributed by atoms with van der Waals surface area (Å²) in [5.41, 5.74) is 7.06. The monoisotopic (exact) mass is 768 g/mol. The Morgan fingerprint density at radius 2 is 1.72 bits per heavy atom. The van der Waals surface area contributed by atoms with E-state index in [-0.39, 0.29) is 25.4 Å². The molecule has 4 aliphatic heterocycles. The Hall–Kier alpha value is -4.34. The van der Waals surface area contributed by atoms with Crippen molar-refractivity contribution >= 4 is 35.2 Å². The fourth-order valence-corrected chi connectivity index (χ4v) is 7.10. The predicted octanol–water partition coefficient (Wildman–Crippen LogP) is 6.40. The van der Waals surface area contributed by atoms with Crippen LogP contribution in [0.4, 0.5) is 14.6 Å². The third-order valence-corrected chi connectivity index (χ3v) is 9.80. The van der Waals surface area contributed by atoms with Crippen LogP contribution < -0.4 is 15.1 Å². The first kappa shape index (κ1) is 39.4. The van der Waals surface area contributed by atoms with Crippen LogP contribution in [0.25, 0.3) is 28.0 Å². The minimum absolute atomic E-state index is 0.127. The first-order chi connectivity index (χ1) is 25.6. The summed E-state index contributed by atoms with van der Waals surface area (Å²) in [6.45, 7) is 12.4. The van der Waals surface area contributed by atoms with Crippen molar-refractivity contribution < 1.29 is 38.0 Å². The fourth-order valence-electron chi connectivity index (χ4n) is 6.79. The number of anilines is 1. The highest BCUT2D eigenvalue weighted by Crippen LogP contribution is 2.42. The highest BCUT2D eigenvalue weighted by atomic mass is 35.5. The molecule has 54 heavy (non-hydrogen) atoms. The van der Waals surface area contributed by atoms with Gasteiger partial charge in [0, 0.05) is 47.6 Å². The number of pyridine rings is 1. The first-order valence-electron chi connectivity index (χ1n) is 18.0. The van der Waals surface area contributed by atoms with Gasteiger partial charge in [0.1, 0.15) is 34.7 Å². The summed E-state index contributed by atoms with van der Waals surface area (Å²) in [6.07, 6.45) is 2.92. The highest BCUT2D eigenvalue weighted by molar-refractivity contribution is 6.32. The molecule has 0 aliphatic carbocycles.